The second kappa shape index (κ2) is 6.83. The highest BCUT2D eigenvalue weighted by molar-refractivity contribution is 6.45. The predicted molar refractivity (Wildman–Crippen MR) is 96.8 cm³/mol. The van der Waals surface area contributed by atoms with Gasteiger partial charge in [0.2, 0.25) is 5.91 Å². The number of rotatable bonds is 4. The number of hydrogen-bond acceptors (Lipinski definition) is 3. The fraction of sp³-hybridized carbons (Fsp3) is 0.222. The predicted octanol–water partition coefficient (Wildman–Crippen LogP) is 4.30. The second-order valence-electron chi connectivity index (χ2n) is 5.59. The zero-order valence-corrected chi connectivity index (χ0v) is 14.6. The maximum atomic E-state index is 12.6. The van der Waals surface area contributed by atoms with Crippen molar-refractivity contribution in [2.24, 2.45) is 0 Å². The lowest BCUT2D eigenvalue weighted by Crippen LogP contribution is -2.35. The number of benzene rings is 2. The smallest absolute Gasteiger partial charge is 0.256 e. The van der Waals surface area contributed by atoms with Crippen LogP contribution < -0.4 is 10.2 Å². The topological polar surface area (TPSA) is 49.4 Å². The molecule has 2 amide bonds. The number of aryl methyl sites for hydroxylation is 1. The van der Waals surface area contributed by atoms with Gasteiger partial charge in [-0.1, -0.05) is 48.3 Å². The van der Waals surface area contributed by atoms with Gasteiger partial charge in [-0.3, -0.25) is 9.59 Å². The number of hydrogen-bond donors (Lipinski definition) is 1. The van der Waals surface area contributed by atoms with Crippen LogP contribution in [-0.4, -0.2) is 17.9 Å². The molecule has 0 saturated carbocycles. The average molecular weight is 363 g/mol. The summed E-state index contributed by atoms with van der Waals surface area (Å²) in [6, 6.07) is 12.1. The molecule has 1 unspecified atom stereocenters. The molecule has 3 rings (SSSR count). The monoisotopic (exact) mass is 362 g/mol. The van der Waals surface area contributed by atoms with Crippen LogP contribution >= 0.6 is 23.2 Å². The Morgan fingerprint density at radius 3 is 2.50 bits per heavy atom. The van der Waals surface area contributed by atoms with Gasteiger partial charge in [0.25, 0.3) is 5.91 Å². The zero-order valence-electron chi connectivity index (χ0n) is 13.1. The summed E-state index contributed by atoms with van der Waals surface area (Å²) in [4.78, 5) is 26.1. The molecule has 1 N–H and O–H groups in total. The minimum absolute atomic E-state index is 0.0806. The highest BCUT2D eigenvalue weighted by atomic mass is 35.5. The van der Waals surface area contributed by atoms with Gasteiger partial charge in [-0.2, -0.15) is 0 Å². The highest BCUT2D eigenvalue weighted by Gasteiger charge is 2.40. The van der Waals surface area contributed by atoms with Crippen molar-refractivity contribution in [1.82, 2.24) is 0 Å². The number of halogens is 2. The van der Waals surface area contributed by atoms with Gasteiger partial charge < -0.3 is 5.32 Å². The molecule has 1 aliphatic heterocycles. The minimum atomic E-state index is -0.611. The molecule has 6 heteroatoms. The zero-order chi connectivity index (χ0) is 17.3. The van der Waals surface area contributed by atoms with Gasteiger partial charge in [0, 0.05) is 5.69 Å². The third-order valence-electron chi connectivity index (χ3n) is 4.02. The fourth-order valence-corrected chi connectivity index (χ4v) is 3.08. The summed E-state index contributed by atoms with van der Waals surface area (Å²) in [5, 5.41) is 3.63. The number of carbonyl (C=O) groups is 2. The van der Waals surface area contributed by atoms with Crippen molar-refractivity contribution in [3.05, 3.63) is 58.1 Å². The first-order valence-electron chi connectivity index (χ1n) is 7.67. The Balaban J connectivity index is 1.82. The van der Waals surface area contributed by atoms with Crippen LogP contribution in [0.2, 0.25) is 10.0 Å². The van der Waals surface area contributed by atoms with Crippen LogP contribution in [0.1, 0.15) is 18.9 Å². The quantitative estimate of drug-likeness (QED) is 0.824. The van der Waals surface area contributed by atoms with E-state index in [-0.39, 0.29) is 23.3 Å². The van der Waals surface area contributed by atoms with Crippen LogP contribution in [-0.2, 0) is 16.0 Å². The van der Waals surface area contributed by atoms with Crippen molar-refractivity contribution in [3.8, 4) is 0 Å². The molecule has 0 spiro atoms. The molecule has 0 aliphatic carbocycles. The summed E-state index contributed by atoms with van der Waals surface area (Å²) in [6.07, 6.45) is 1.03. The molecular formula is C18H16Cl2N2O2. The molecule has 1 saturated heterocycles. The first kappa shape index (κ1) is 16.8. The van der Waals surface area contributed by atoms with Gasteiger partial charge >= 0.3 is 0 Å². The normalized spacial score (nSPS) is 17.5. The van der Waals surface area contributed by atoms with Gasteiger partial charge in [0.1, 0.15) is 6.04 Å². The molecule has 2 aromatic rings. The number of amides is 2. The van der Waals surface area contributed by atoms with Crippen LogP contribution in [0.5, 0.6) is 0 Å². The van der Waals surface area contributed by atoms with Crippen molar-refractivity contribution in [1.29, 1.82) is 0 Å². The van der Waals surface area contributed by atoms with Crippen LogP contribution in [0.15, 0.2) is 42.5 Å². The summed E-state index contributed by atoms with van der Waals surface area (Å²) < 4.78 is 0. The number of nitrogens with zero attached hydrogens (tertiary/aromatic N) is 1. The Morgan fingerprint density at radius 2 is 1.83 bits per heavy atom. The SMILES string of the molecule is CCc1ccc(NC2CC(=O)N(c3cccc(Cl)c3Cl)C2=O)cc1. The van der Waals surface area contributed by atoms with E-state index in [1.165, 1.54) is 5.56 Å². The molecule has 2 aromatic carbocycles. The minimum Gasteiger partial charge on any atom is -0.373 e. The lowest BCUT2D eigenvalue weighted by Gasteiger charge is -2.18. The van der Waals surface area contributed by atoms with Gasteiger partial charge in [0.15, 0.2) is 0 Å². The largest absolute Gasteiger partial charge is 0.373 e. The van der Waals surface area contributed by atoms with Crippen LogP contribution in [0.25, 0.3) is 0 Å². The van der Waals surface area contributed by atoms with Gasteiger partial charge in [-0.15, -0.1) is 0 Å². The van der Waals surface area contributed by atoms with E-state index < -0.39 is 6.04 Å². The van der Waals surface area contributed by atoms with Crippen molar-refractivity contribution < 1.29 is 9.59 Å². The molecule has 124 valence electrons. The molecule has 0 aromatic heterocycles. The highest BCUT2D eigenvalue weighted by Crippen LogP contribution is 2.35. The Kier molecular flexibility index (Phi) is 4.78. The second-order valence-corrected chi connectivity index (χ2v) is 6.38. The van der Waals surface area contributed by atoms with Crippen molar-refractivity contribution in [2.75, 3.05) is 10.2 Å². The summed E-state index contributed by atoms with van der Waals surface area (Å²) in [5.74, 6) is -0.629. The summed E-state index contributed by atoms with van der Waals surface area (Å²) >= 11 is 12.1. The molecule has 24 heavy (non-hydrogen) atoms. The summed E-state index contributed by atoms with van der Waals surface area (Å²) in [5.41, 5.74) is 2.34. The van der Waals surface area contributed by atoms with Crippen molar-refractivity contribution in [2.45, 2.75) is 25.8 Å². The molecule has 0 radical (unpaired) electrons. The van der Waals surface area contributed by atoms with E-state index in [9.17, 15) is 9.59 Å². The first-order valence-corrected chi connectivity index (χ1v) is 8.43. The Labute approximate surface area is 150 Å². The van der Waals surface area contributed by atoms with Gasteiger partial charge in [-0.05, 0) is 36.2 Å². The molecule has 1 atom stereocenters. The Bertz CT molecular complexity index is 790. The van der Waals surface area contributed by atoms with E-state index in [1.54, 1.807) is 18.2 Å². The molecule has 0 bridgehead atoms. The molecule has 1 heterocycles. The van der Waals surface area contributed by atoms with Crippen LogP contribution in [0, 0.1) is 0 Å². The number of anilines is 2. The first-order chi connectivity index (χ1) is 11.5. The Morgan fingerprint density at radius 1 is 1.12 bits per heavy atom. The van der Waals surface area contributed by atoms with Gasteiger partial charge in [-0.25, -0.2) is 4.90 Å². The number of carbonyl (C=O) groups excluding carboxylic acids is 2. The molecular weight excluding hydrogens is 347 g/mol. The summed E-state index contributed by atoms with van der Waals surface area (Å²) in [7, 11) is 0. The molecule has 1 aliphatic rings. The molecule has 4 nitrogen and oxygen atoms in total. The third-order valence-corrected chi connectivity index (χ3v) is 4.83. The van der Waals surface area contributed by atoms with E-state index in [1.807, 2.05) is 24.3 Å². The number of nitrogens with one attached hydrogen (secondary N) is 1. The number of imide groups is 1. The maximum absolute atomic E-state index is 12.6. The maximum Gasteiger partial charge on any atom is 0.256 e. The van der Waals surface area contributed by atoms with E-state index >= 15 is 0 Å². The van der Waals surface area contributed by atoms with E-state index in [0.717, 1.165) is 17.0 Å². The fourth-order valence-electron chi connectivity index (χ4n) is 2.70. The lowest BCUT2D eigenvalue weighted by molar-refractivity contribution is -0.121. The van der Waals surface area contributed by atoms with Gasteiger partial charge in [0.05, 0.1) is 22.2 Å². The van der Waals surface area contributed by atoms with E-state index in [0.29, 0.717) is 10.7 Å². The third kappa shape index (κ3) is 3.12. The lowest BCUT2D eigenvalue weighted by atomic mass is 10.1. The van der Waals surface area contributed by atoms with Crippen LogP contribution in [0.4, 0.5) is 11.4 Å². The standard InChI is InChI=1S/C18H16Cl2N2O2/c1-2-11-6-8-12(9-7-11)21-14-10-16(23)22(18(14)24)15-5-3-4-13(19)17(15)20/h3-9,14,21H,2,10H2,1H3. The Hall–Kier alpha value is -2.04. The van der Waals surface area contributed by atoms with Crippen molar-refractivity contribution in [3.63, 3.8) is 0 Å². The molecule has 1 fully saturated rings. The summed E-state index contributed by atoms with van der Waals surface area (Å²) in [6.45, 7) is 2.08. The van der Waals surface area contributed by atoms with E-state index in [2.05, 4.69) is 12.2 Å². The van der Waals surface area contributed by atoms with E-state index in [4.69, 9.17) is 23.2 Å². The van der Waals surface area contributed by atoms with Crippen molar-refractivity contribution >= 4 is 46.4 Å². The average Bonchev–Trinajstić information content (AvgIpc) is 2.85. The van der Waals surface area contributed by atoms with Crippen LogP contribution in [0.3, 0.4) is 0 Å².